The fourth-order valence-corrected chi connectivity index (χ4v) is 6.11. The zero-order chi connectivity index (χ0) is 23.9. The summed E-state index contributed by atoms with van der Waals surface area (Å²) in [6.45, 7) is 1.93. The van der Waals surface area contributed by atoms with Crippen LogP contribution in [0.4, 0.5) is 5.69 Å². The lowest BCUT2D eigenvalue weighted by Gasteiger charge is -2.07. The molecule has 0 radical (unpaired) electrons. The number of para-hydroxylation sites is 1. The molecular weight excluding hydrogens is 474 g/mol. The molecule has 1 aliphatic rings. The molecule has 174 valence electrons. The van der Waals surface area contributed by atoms with Crippen molar-refractivity contribution in [1.29, 1.82) is 0 Å². The minimum atomic E-state index is -0.146. The topological polar surface area (TPSA) is 56.6 Å². The third-order valence-electron chi connectivity index (χ3n) is 6.37. The summed E-state index contributed by atoms with van der Waals surface area (Å²) in [6, 6.07) is 22.2. The fraction of sp³-hybridized carbons (Fsp3) is 0.148. The molecule has 6 nitrogen and oxygen atoms in total. The maximum Gasteiger partial charge on any atom is 0.297 e. The van der Waals surface area contributed by atoms with Crippen molar-refractivity contribution in [3.05, 3.63) is 109 Å². The second-order valence-corrected chi connectivity index (χ2v) is 10.2. The predicted molar refractivity (Wildman–Crippen MR) is 143 cm³/mol. The summed E-state index contributed by atoms with van der Waals surface area (Å²) in [6.07, 6.45) is 1.87. The van der Waals surface area contributed by atoms with Gasteiger partial charge in [-0.1, -0.05) is 48.5 Å². The smallest absolute Gasteiger partial charge is 0.283 e. The van der Waals surface area contributed by atoms with Crippen molar-refractivity contribution in [3.63, 3.8) is 0 Å². The molecule has 2 aromatic carbocycles. The Morgan fingerprint density at radius 3 is 2.51 bits per heavy atom. The van der Waals surface area contributed by atoms with Crippen LogP contribution in [0.5, 0.6) is 0 Å². The Labute approximate surface area is 210 Å². The van der Waals surface area contributed by atoms with Crippen LogP contribution >= 0.6 is 22.7 Å². The van der Waals surface area contributed by atoms with Crippen LogP contribution in [0, 0.1) is 6.92 Å². The van der Waals surface area contributed by atoms with E-state index in [-0.39, 0.29) is 5.56 Å². The number of thiazole rings is 1. The van der Waals surface area contributed by atoms with Gasteiger partial charge in [-0.15, -0.1) is 22.7 Å². The summed E-state index contributed by atoms with van der Waals surface area (Å²) in [4.78, 5) is 20.2. The Bertz CT molecular complexity index is 1680. The molecule has 0 N–H and O–H groups in total. The first kappa shape index (κ1) is 21.8. The van der Waals surface area contributed by atoms with Gasteiger partial charge >= 0.3 is 0 Å². The molecule has 1 aliphatic carbocycles. The number of thiophene rings is 1. The van der Waals surface area contributed by atoms with Crippen molar-refractivity contribution >= 4 is 34.1 Å². The van der Waals surface area contributed by atoms with E-state index in [9.17, 15) is 4.79 Å². The molecule has 8 heteroatoms. The number of benzene rings is 2. The van der Waals surface area contributed by atoms with Gasteiger partial charge in [0.1, 0.15) is 0 Å². The van der Waals surface area contributed by atoms with Crippen LogP contribution in [0.15, 0.2) is 92.4 Å². The van der Waals surface area contributed by atoms with Crippen LogP contribution in [0.1, 0.15) is 23.2 Å². The van der Waals surface area contributed by atoms with Crippen LogP contribution in [0.2, 0.25) is 0 Å². The van der Waals surface area contributed by atoms with Gasteiger partial charge in [-0.25, -0.2) is 14.4 Å². The molecule has 0 atom stereocenters. The van der Waals surface area contributed by atoms with Crippen molar-refractivity contribution in [3.8, 4) is 16.3 Å². The molecule has 35 heavy (non-hydrogen) atoms. The van der Waals surface area contributed by atoms with Gasteiger partial charge in [-0.2, -0.15) is 5.10 Å². The summed E-state index contributed by atoms with van der Waals surface area (Å²) in [7, 11) is 1.89. The molecule has 0 bridgehead atoms. The molecular formula is C27H23N5OS2. The number of aryl methyl sites for hydroxylation is 1. The number of hydrogen-bond donors (Lipinski definition) is 0. The normalized spacial score (nSPS) is 14.7. The van der Waals surface area contributed by atoms with Gasteiger partial charge < -0.3 is 0 Å². The third-order valence-corrected chi connectivity index (χ3v) is 8.08. The van der Waals surface area contributed by atoms with Gasteiger partial charge in [0.15, 0.2) is 5.69 Å². The average molecular weight is 498 g/mol. The highest BCUT2D eigenvalue weighted by Crippen LogP contribution is 2.28. The molecule has 0 amide bonds. The maximum atomic E-state index is 13.5. The molecule has 6 rings (SSSR count). The van der Waals surface area contributed by atoms with Crippen LogP contribution in [0.25, 0.3) is 16.3 Å². The van der Waals surface area contributed by atoms with Gasteiger partial charge in [-0.05, 0) is 48.9 Å². The van der Waals surface area contributed by atoms with Crippen LogP contribution in [-0.2, 0) is 13.5 Å². The summed E-state index contributed by atoms with van der Waals surface area (Å²) in [5, 5.41) is 9.23. The highest BCUT2D eigenvalue weighted by atomic mass is 32.1. The summed E-state index contributed by atoms with van der Waals surface area (Å²) >= 11 is 3.17. The molecule has 3 aromatic heterocycles. The van der Waals surface area contributed by atoms with E-state index in [1.54, 1.807) is 16.0 Å². The van der Waals surface area contributed by atoms with E-state index in [0.717, 1.165) is 40.5 Å². The third kappa shape index (κ3) is 3.75. The second kappa shape index (κ2) is 8.79. The lowest BCUT2D eigenvalue weighted by Crippen LogP contribution is -2.20. The van der Waals surface area contributed by atoms with Crippen molar-refractivity contribution in [2.75, 3.05) is 0 Å². The zero-order valence-corrected chi connectivity index (χ0v) is 21.0. The number of aromatic nitrogens is 3. The molecule has 0 aliphatic heterocycles. The molecule has 5 aromatic rings. The van der Waals surface area contributed by atoms with E-state index < -0.39 is 0 Å². The van der Waals surface area contributed by atoms with E-state index in [1.165, 1.54) is 22.5 Å². The predicted octanol–water partition coefficient (Wildman–Crippen LogP) is 5.51. The Morgan fingerprint density at radius 1 is 0.914 bits per heavy atom. The molecule has 0 unspecified atom stereocenters. The van der Waals surface area contributed by atoms with Crippen molar-refractivity contribution < 1.29 is 0 Å². The first-order chi connectivity index (χ1) is 17.1. The number of rotatable bonds is 4. The summed E-state index contributed by atoms with van der Waals surface area (Å²) in [5.74, 6) is 0. The SMILES string of the molecule is Cc1c(N=c2scc(-c3cccs3)n2/N=C2\CCc3ccccc32)c(=O)n(-c2ccccc2)n1C. The van der Waals surface area contributed by atoms with Gasteiger partial charge in [0.2, 0.25) is 4.80 Å². The number of hydrogen-bond acceptors (Lipinski definition) is 5. The Hall–Kier alpha value is -3.75. The van der Waals surface area contributed by atoms with Crippen molar-refractivity contribution in [1.82, 2.24) is 14.0 Å². The van der Waals surface area contributed by atoms with Crippen LogP contribution in [-0.4, -0.2) is 19.8 Å². The van der Waals surface area contributed by atoms with Gasteiger partial charge in [0, 0.05) is 18.0 Å². The quantitative estimate of drug-likeness (QED) is 0.323. The Kier molecular flexibility index (Phi) is 5.47. The highest BCUT2D eigenvalue weighted by Gasteiger charge is 2.20. The van der Waals surface area contributed by atoms with Crippen molar-refractivity contribution in [2.24, 2.45) is 17.1 Å². The standard InChI is InChI=1S/C27H23N5OS2/c1-18-25(26(33)32(30(18)2)20-10-4-3-5-11-20)28-27-31(23(17-35-27)24-13-8-16-34-24)29-22-15-14-19-9-6-7-12-21(19)22/h3-13,16-17H,14-15H2,1-2H3/b28-27?,29-22+. The largest absolute Gasteiger partial charge is 0.297 e. The zero-order valence-electron chi connectivity index (χ0n) is 19.4. The first-order valence-corrected chi connectivity index (χ1v) is 13.2. The minimum Gasteiger partial charge on any atom is -0.283 e. The summed E-state index contributed by atoms with van der Waals surface area (Å²) in [5.41, 5.74) is 6.44. The van der Waals surface area contributed by atoms with Gasteiger partial charge in [-0.3, -0.25) is 9.48 Å². The highest BCUT2D eigenvalue weighted by molar-refractivity contribution is 7.14. The van der Waals surface area contributed by atoms with E-state index in [2.05, 4.69) is 41.1 Å². The van der Waals surface area contributed by atoms with Crippen LogP contribution < -0.4 is 10.4 Å². The number of nitrogens with zero attached hydrogens (tertiary/aromatic N) is 5. The molecule has 0 fully saturated rings. The van der Waals surface area contributed by atoms with Crippen molar-refractivity contribution in [2.45, 2.75) is 19.8 Å². The second-order valence-electron chi connectivity index (χ2n) is 8.42. The van der Waals surface area contributed by atoms with E-state index in [1.807, 2.05) is 59.7 Å². The van der Waals surface area contributed by atoms with Gasteiger partial charge in [0.05, 0.1) is 27.7 Å². The first-order valence-electron chi connectivity index (χ1n) is 11.4. The molecule has 0 spiro atoms. The fourth-order valence-electron chi connectivity index (χ4n) is 4.48. The van der Waals surface area contributed by atoms with Gasteiger partial charge in [0.25, 0.3) is 5.56 Å². The summed E-state index contributed by atoms with van der Waals surface area (Å²) < 4.78 is 5.42. The molecule has 3 heterocycles. The number of fused-ring (bicyclic) bond motifs is 1. The Balaban J connectivity index is 1.56. The monoisotopic (exact) mass is 497 g/mol. The molecule has 0 saturated heterocycles. The minimum absolute atomic E-state index is 0.146. The Morgan fingerprint density at radius 2 is 1.71 bits per heavy atom. The van der Waals surface area contributed by atoms with E-state index in [0.29, 0.717) is 10.5 Å². The molecule has 0 saturated carbocycles. The maximum absolute atomic E-state index is 13.5. The average Bonchev–Trinajstić information content (AvgIpc) is 3.66. The van der Waals surface area contributed by atoms with Crippen LogP contribution in [0.3, 0.4) is 0 Å². The lowest BCUT2D eigenvalue weighted by molar-refractivity contribution is 0.630. The van der Waals surface area contributed by atoms with E-state index in [4.69, 9.17) is 10.1 Å². The lowest BCUT2D eigenvalue weighted by atomic mass is 10.1. The van der Waals surface area contributed by atoms with E-state index >= 15 is 0 Å².